The first-order chi connectivity index (χ1) is 13.7. The molecule has 0 saturated carbocycles. The first-order valence-corrected chi connectivity index (χ1v) is 9.49. The van der Waals surface area contributed by atoms with Crippen LogP contribution >= 0.6 is 0 Å². The normalized spacial score (nSPS) is 16.9. The van der Waals surface area contributed by atoms with Gasteiger partial charge < -0.3 is 14.2 Å². The number of piperidine rings is 1. The Kier molecular flexibility index (Phi) is 5.10. The Morgan fingerprint density at radius 3 is 2.96 bits per heavy atom. The summed E-state index contributed by atoms with van der Waals surface area (Å²) in [5, 5.41) is 8.50. The van der Waals surface area contributed by atoms with Crippen LogP contribution in [0.4, 0.5) is 0 Å². The van der Waals surface area contributed by atoms with Crippen LogP contribution in [-0.4, -0.2) is 50.9 Å². The van der Waals surface area contributed by atoms with Crippen LogP contribution in [0.25, 0.3) is 11.5 Å². The standard InChI is InChI=1S/C20H23N5O3/c1-3-25-12-10-16(22-25)20(26)24-11-6-7-14(13-24)18-21-19(28-23-18)15-8-4-5-9-17(15)27-2/h4-5,8-10,12,14H,3,6-7,11,13H2,1-2H3/t14-/m0/s1. The minimum absolute atomic E-state index is 0.0400. The van der Waals surface area contributed by atoms with Gasteiger partial charge in [-0.1, -0.05) is 17.3 Å². The average Bonchev–Trinajstić information content (AvgIpc) is 3.43. The van der Waals surface area contributed by atoms with Crippen LogP contribution in [0.5, 0.6) is 5.75 Å². The van der Waals surface area contributed by atoms with Gasteiger partial charge in [0.25, 0.3) is 11.8 Å². The van der Waals surface area contributed by atoms with Gasteiger partial charge in [-0.05, 0) is 38.0 Å². The fraction of sp³-hybridized carbons (Fsp3) is 0.400. The molecule has 0 aliphatic carbocycles. The van der Waals surface area contributed by atoms with E-state index in [9.17, 15) is 4.79 Å². The van der Waals surface area contributed by atoms with Crippen molar-refractivity contribution in [2.45, 2.75) is 32.2 Å². The lowest BCUT2D eigenvalue weighted by Crippen LogP contribution is -2.39. The Morgan fingerprint density at radius 2 is 2.18 bits per heavy atom. The van der Waals surface area contributed by atoms with Crippen molar-refractivity contribution in [3.8, 4) is 17.2 Å². The lowest BCUT2D eigenvalue weighted by Gasteiger charge is -2.30. The highest BCUT2D eigenvalue weighted by atomic mass is 16.5. The molecule has 1 amide bonds. The maximum absolute atomic E-state index is 12.8. The maximum Gasteiger partial charge on any atom is 0.274 e. The van der Waals surface area contributed by atoms with E-state index in [1.807, 2.05) is 42.3 Å². The fourth-order valence-corrected chi connectivity index (χ4v) is 3.52. The summed E-state index contributed by atoms with van der Waals surface area (Å²) in [4.78, 5) is 19.2. The number of methoxy groups -OCH3 is 1. The van der Waals surface area contributed by atoms with Crippen LogP contribution in [0.3, 0.4) is 0 Å². The number of ether oxygens (including phenoxy) is 1. The molecule has 1 aromatic carbocycles. The molecule has 8 heteroatoms. The first-order valence-electron chi connectivity index (χ1n) is 9.49. The molecule has 0 N–H and O–H groups in total. The zero-order valence-corrected chi connectivity index (χ0v) is 16.0. The van der Waals surface area contributed by atoms with Crippen molar-refractivity contribution in [2.24, 2.45) is 0 Å². The van der Waals surface area contributed by atoms with Crippen molar-refractivity contribution >= 4 is 5.91 Å². The smallest absolute Gasteiger partial charge is 0.274 e. The topological polar surface area (TPSA) is 86.3 Å². The molecule has 1 fully saturated rings. The van der Waals surface area contributed by atoms with Gasteiger partial charge in [0, 0.05) is 31.7 Å². The van der Waals surface area contributed by atoms with Gasteiger partial charge >= 0.3 is 0 Å². The predicted molar refractivity (Wildman–Crippen MR) is 102 cm³/mol. The van der Waals surface area contributed by atoms with Crippen LogP contribution in [0, 0.1) is 0 Å². The van der Waals surface area contributed by atoms with E-state index in [1.165, 1.54) is 0 Å². The Bertz CT molecular complexity index is 964. The Balaban J connectivity index is 1.51. The second kappa shape index (κ2) is 7.84. The van der Waals surface area contributed by atoms with Crippen molar-refractivity contribution in [3.05, 3.63) is 48.0 Å². The largest absolute Gasteiger partial charge is 0.496 e. The third-order valence-electron chi connectivity index (χ3n) is 5.04. The Labute approximate surface area is 163 Å². The number of nitrogens with zero attached hydrogens (tertiary/aromatic N) is 5. The quantitative estimate of drug-likeness (QED) is 0.675. The summed E-state index contributed by atoms with van der Waals surface area (Å²) >= 11 is 0. The van der Waals surface area contributed by atoms with Gasteiger partial charge in [0.1, 0.15) is 11.4 Å². The average molecular weight is 381 g/mol. The van der Waals surface area contributed by atoms with E-state index in [-0.39, 0.29) is 11.8 Å². The molecule has 2 aromatic heterocycles. The minimum Gasteiger partial charge on any atom is -0.496 e. The van der Waals surface area contributed by atoms with Gasteiger partial charge in [0.2, 0.25) is 0 Å². The van der Waals surface area contributed by atoms with Gasteiger partial charge in [-0.25, -0.2) is 0 Å². The van der Waals surface area contributed by atoms with Gasteiger partial charge in [-0.15, -0.1) is 0 Å². The van der Waals surface area contributed by atoms with Crippen molar-refractivity contribution < 1.29 is 14.1 Å². The third-order valence-corrected chi connectivity index (χ3v) is 5.04. The van der Waals surface area contributed by atoms with E-state index in [1.54, 1.807) is 17.9 Å². The van der Waals surface area contributed by atoms with Crippen LogP contribution in [0.1, 0.15) is 42.0 Å². The highest BCUT2D eigenvalue weighted by Crippen LogP contribution is 2.31. The van der Waals surface area contributed by atoms with Crippen LogP contribution in [0.2, 0.25) is 0 Å². The number of amides is 1. The number of aryl methyl sites for hydroxylation is 1. The number of rotatable bonds is 5. The van der Waals surface area contributed by atoms with Gasteiger partial charge in [0.15, 0.2) is 5.82 Å². The summed E-state index contributed by atoms with van der Waals surface area (Å²) in [6.07, 6.45) is 3.63. The molecule has 0 radical (unpaired) electrons. The summed E-state index contributed by atoms with van der Waals surface area (Å²) in [7, 11) is 1.61. The number of aromatic nitrogens is 4. The summed E-state index contributed by atoms with van der Waals surface area (Å²) in [6, 6.07) is 9.30. The van der Waals surface area contributed by atoms with Gasteiger partial charge in [-0.2, -0.15) is 10.1 Å². The van der Waals surface area contributed by atoms with Crippen molar-refractivity contribution in [1.29, 1.82) is 0 Å². The molecule has 3 heterocycles. The molecule has 1 atom stereocenters. The van der Waals surface area contributed by atoms with Gasteiger partial charge in [0.05, 0.1) is 12.7 Å². The van der Waals surface area contributed by atoms with E-state index in [2.05, 4.69) is 15.2 Å². The van der Waals surface area contributed by atoms with E-state index < -0.39 is 0 Å². The molecular weight excluding hydrogens is 358 g/mol. The van der Waals surface area contributed by atoms with E-state index in [0.717, 1.165) is 24.9 Å². The first kappa shape index (κ1) is 18.2. The number of para-hydroxylation sites is 1. The van der Waals surface area contributed by atoms with Crippen LogP contribution in [0.15, 0.2) is 41.1 Å². The molecule has 0 bridgehead atoms. The molecule has 1 aliphatic heterocycles. The van der Waals surface area contributed by atoms with Crippen molar-refractivity contribution in [1.82, 2.24) is 24.8 Å². The van der Waals surface area contributed by atoms with Crippen LogP contribution < -0.4 is 4.74 Å². The molecule has 1 saturated heterocycles. The molecule has 0 spiro atoms. The lowest BCUT2D eigenvalue weighted by molar-refractivity contribution is 0.0696. The van der Waals surface area contributed by atoms with Crippen molar-refractivity contribution in [2.75, 3.05) is 20.2 Å². The SMILES string of the molecule is CCn1ccc(C(=O)N2CCC[C@H](c3noc(-c4ccccc4OC)n3)C2)n1. The fourth-order valence-electron chi connectivity index (χ4n) is 3.52. The maximum atomic E-state index is 12.8. The zero-order valence-electron chi connectivity index (χ0n) is 16.0. The molecule has 4 rings (SSSR count). The summed E-state index contributed by atoms with van der Waals surface area (Å²) in [6.45, 7) is 4.01. The Morgan fingerprint density at radius 1 is 1.32 bits per heavy atom. The highest BCUT2D eigenvalue weighted by molar-refractivity contribution is 5.92. The van der Waals surface area contributed by atoms with E-state index in [0.29, 0.717) is 36.2 Å². The number of carbonyl (C=O) groups excluding carboxylic acids is 1. The monoisotopic (exact) mass is 381 g/mol. The zero-order chi connectivity index (χ0) is 19.5. The number of benzene rings is 1. The summed E-state index contributed by atoms with van der Waals surface area (Å²) < 4.78 is 12.6. The molecule has 28 heavy (non-hydrogen) atoms. The lowest BCUT2D eigenvalue weighted by atomic mass is 9.97. The molecule has 3 aromatic rings. The van der Waals surface area contributed by atoms with Crippen LogP contribution in [-0.2, 0) is 6.54 Å². The summed E-state index contributed by atoms with van der Waals surface area (Å²) in [5.74, 6) is 1.73. The number of hydrogen-bond acceptors (Lipinski definition) is 6. The second-order valence-electron chi connectivity index (χ2n) is 6.81. The second-order valence-corrected chi connectivity index (χ2v) is 6.81. The molecule has 8 nitrogen and oxygen atoms in total. The van der Waals surface area contributed by atoms with Crippen molar-refractivity contribution in [3.63, 3.8) is 0 Å². The van der Waals surface area contributed by atoms with E-state index in [4.69, 9.17) is 9.26 Å². The number of hydrogen-bond donors (Lipinski definition) is 0. The number of carbonyl (C=O) groups is 1. The molecule has 1 aliphatic rings. The minimum atomic E-state index is -0.0506. The highest BCUT2D eigenvalue weighted by Gasteiger charge is 2.29. The number of likely N-dealkylation sites (tertiary alicyclic amines) is 1. The van der Waals surface area contributed by atoms with Gasteiger partial charge in [-0.3, -0.25) is 9.48 Å². The Hall–Kier alpha value is -3.16. The molecule has 0 unspecified atom stereocenters. The predicted octanol–water partition coefficient (Wildman–Crippen LogP) is 2.98. The third kappa shape index (κ3) is 3.49. The molecular formula is C20H23N5O3. The van der Waals surface area contributed by atoms with E-state index >= 15 is 0 Å². The molecule has 146 valence electrons. The summed E-state index contributed by atoms with van der Waals surface area (Å²) in [5.41, 5.74) is 1.24.